The summed E-state index contributed by atoms with van der Waals surface area (Å²) in [6.45, 7) is 8.77. The molecule has 7 aliphatic rings. The highest BCUT2D eigenvalue weighted by molar-refractivity contribution is 5.93. The summed E-state index contributed by atoms with van der Waals surface area (Å²) in [6, 6.07) is 0. The van der Waals surface area contributed by atoms with Gasteiger partial charge in [-0.3, -0.25) is 4.79 Å². The molecule has 0 radical (unpaired) electrons. The molecule has 0 unspecified atom stereocenters. The number of ketones is 1. The first-order chi connectivity index (χ1) is 18.5. The van der Waals surface area contributed by atoms with Gasteiger partial charge in [-0.1, -0.05) is 13.8 Å². The van der Waals surface area contributed by atoms with Gasteiger partial charge in [0.25, 0.3) is 0 Å². The van der Waals surface area contributed by atoms with Crippen molar-refractivity contribution in [2.75, 3.05) is 0 Å². The average molecular weight is 561 g/mol. The van der Waals surface area contributed by atoms with Gasteiger partial charge in [-0.25, -0.2) is 9.59 Å². The summed E-state index contributed by atoms with van der Waals surface area (Å²) >= 11 is 0. The maximum atomic E-state index is 13.9. The highest BCUT2D eigenvalue weighted by Gasteiger charge is 2.85. The Morgan fingerprint density at radius 3 is 2.52 bits per heavy atom. The molecule has 11 heteroatoms. The molecule has 3 N–H and O–H groups in total. The van der Waals surface area contributed by atoms with Crippen LogP contribution in [0.3, 0.4) is 0 Å². The third-order valence-electron chi connectivity index (χ3n) is 10.8. The van der Waals surface area contributed by atoms with Crippen molar-refractivity contribution in [3.63, 3.8) is 0 Å². The zero-order chi connectivity index (χ0) is 28.8. The van der Waals surface area contributed by atoms with Crippen LogP contribution in [0.15, 0.2) is 23.5 Å². The molecular formula is C29H36O11. The van der Waals surface area contributed by atoms with Gasteiger partial charge < -0.3 is 39.0 Å². The van der Waals surface area contributed by atoms with Crippen molar-refractivity contribution in [2.24, 2.45) is 23.2 Å². The first kappa shape index (κ1) is 26.7. The van der Waals surface area contributed by atoms with Crippen molar-refractivity contribution < 1.29 is 53.4 Å². The molecule has 11 atom stereocenters. The van der Waals surface area contributed by atoms with E-state index in [1.807, 2.05) is 13.8 Å². The molecular weight excluding hydrogens is 524 g/mol. The molecule has 0 aromatic rings. The minimum atomic E-state index is -2.21. The Morgan fingerprint density at radius 1 is 1.12 bits per heavy atom. The Labute approximate surface area is 231 Å². The van der Waals surface area contributed by atoms with Crippen LogP contribution in [0.25, 0.3) is 0 Å². The molecule has 0 aromatic carbocycles. The number of aliphatic hydroxyl groups is 3. The molecule has 5 saturated heterocycles. The van der Waals surface area contributed by atoms with Crippen LogP contribution in [0.2, 0.25) is 0 Å². The molecule has 0 amide bonds. The Balaban J connectivity index is 1.27. The van der Waals surface area contributed by atoms with E-state index in [-0.39, 0.29) is 25.0 Å². The molecule has 2 spiro atoms. The number of hydrogen-bond donors (Lipinski definition) is 3. The summed E-state index contributed by atoms with van der Waals surface area (Å²) < 4.78 is 30.2. The normalized spacial score (nSPS) is 53.4. The lowest BCUT2D eigenvalue weighted by Gasteiger charge is -2.45. The van der Waals surface area contributed by atoms with Crippen LogP contribution in [-0.2, 0) is 38.1 Å². The molecule has 6 heterocycles. The van der Waals surface area contributed by atoms with Crippen LogP contribution >= 0.6 is 0 Å². The zero-order valence-corrected chi connectivity index (χ0v) is 23.3. The van der Waals surface area contributed by atoms with Crippen LogP contribution in [0.5, 0.6) is 0 Å². The van der Waals surface area contributed by atoms with Crippen molar-refractivity contribution in [3.8, 4) is 0 Å². The van der Waals surface area contributed by atoms with Gasteiger partial charge in [0.2, 0.25) is 11.6 Å². The van der Waals surface area contributed by atoms with Gasteiger partial charge in [0.15, 0.2) is 11.7 Å². The number of cyclic esters (lactones) is 1. The number of allylic oxidation sites excluding steroid dienone is 2. The standard InChI is InChI=1S/C29H36O11/c1-13(8-15-9-14(2)22(32)36-15)20(31)25(5)6-7-26-12-27-19(24(3,4)38-21(27)18(30)23(33)39-27)16-10-17(26)29(35,37-16)28(34,11-25)40-26/h8-9,13,16-19,21,30,34-35H,6-7,10-12H2,1-5H3/b15-8+/t13-,16-,17+,18+,19-,21+,25-,26-,27+,28-,29-/m0/s1. The number of carbonyl (C=O) groups is 3. The van der Waals surface area contributed by atoms with Crippen LogP contribution in [0.1, 0.15) is 66.7 Å². The largest absolute Gasteiger partial charge is 0.454 e. The van der Waals surface area contributed by atoms with E-state index in [2.05, 4.69) is 0 Å². The van der Waals surface area contributed by atoms with Crippen molar-refractivity contribution in [1.82, 2.24) is 0 Å². The molecule has 40 heavy (non-hydrogen) atoms. The van der Waals surface area contributed by atoms with E-state index in [9.17, 15) is 29.7 Å². The first-order valence-electron chi connectivity index (χ1n) is 14.1. The molecule has 7 rings (SSSR count). The summed E-state index contributed by atoms with van der Waals surface area (Å²) in [5, 5.41) is 34.9. The molecule has 4 bridgehead atoms. The van der Waals surface area contributed by atoms with E-state index < -0.39 is 81.8 Å². The third kappa shape index (κ3) is 3.08. The summed E-state index contributed by atoms with van der Waals surface area (Å²) in [4.78, 5) is 38.4. The van der Waals surface area contributed by atoms with Crippen LogP contribution in [0, 0.1) is 23.2 Å². The SMILES string of the molecule is CC1=C/C(=C\[C@H](C)C(=O)[C@@]2(C)CC[C@]34C[C@]56OC(=O)[C@H](O)[C@H]5OC(C)(C)[C@@H]6[C@@H]5C[C@H]3[C@](O)(O5)[C@](O)(C2)O4)OC1=O. The summed E-state index contributed by atoms with van der Waals surface area (Å²) in [5.41, 5.74) is -4.05. The van der Waals surface area contributed by atoms with Gasteiger partial charge in [0.05, 0.1) is 29.1 Å². The number of rotatable bonds is 3. The number of esters is 2. The maximum absolute atomic E-state index is 13.9. The predicted octanol–water partition coefficient (Wildman–Crippen LogP) is 1.17. The topological polar surface area (TPSA) is 158 Å². The average Bonchev–Trinajstić information content (AvgIpc) is 3.48. The van der Waals surface area contributed by atoms with Gasteiger partial charge in [0, 0.05) is 29.7 Å². The zero-order valence-electron chi connectivity index (χ0n) is 23.3. The molecule has 0 aromatic heterocycles. The lowest BCUT2D eigenvalue weighted by molar-refractivity contribution is -0.361. The highest BCUT2D eigenvalue weighted by Crippen LogP contribution is 2.71. The van der Waals surface area contributed by atoms with Gasteiger partial charge in [0.1, 0.15) is 17.6 Å². The molecule has 6 fully saturated rings. The van der Waals surface area contributed by atoms with Crippen molar-refractivity contribution >= 4 is 17.7 Å². The fourth-order valence-corrected chi connectivity index (χ4v) is 9.33. The molecule has 218 valence electrons. The van der Waals surface area contributed by atoms with E-state index in [0.29, 0.717) is 24.2 Å². The third-order valence-corrected chi connectivity index (χ3v) is 10.8. The van der Waals surface area contributed by atoms with Crippen molar-refractivity contribution in [1.29, 1.82) is 0 Å². The molecule has 1 aliphatic carbocycles. The minimum absolute atomic E-state index is 0.0839. The maximum Gasteiger partial charge on any atom is 0.339 e. The Hall–Kier alpha value is -2.15. The Morgan fingerprint density at radius 2 is 1.85 bits per heavy atom. The van der Waals surface area contributed by atoms with Crippen LogP contribution in [-0.4, -0.2) is 79.7 Å². The van der Waals surface area contributed by atoms with Gasteiger partial charge in [-0.15, -0.1) is 0 Å². The minimum Gasteiger partial charge on any atom is -0.454 e. The van der Waals surface area contributed by atoms with E-state index >= 15 is 0 Å². The monoisotopic (exact) mass is 560 g/mol. The lowest BCUT2D eigenvalue weighted by atomic mass is 9.63. The fourth-order valence-electron chi connectivity index (χ4n) is 9.33. The number of aliphatic hydroxyl groups excluding tert-OH is 1. The first-order valence-corrected chi connectivity index (χ1v) is 14.1. The predicted molar refractivity (Wildman–Crippen MR) is 133 cm³/mol. The van der Waals surface area contributed by atoms with Crippen LogP contribution < -0.4 is 0 Å². The lowest BCUT2D eigenvalue weighted by Crippen LogP contribution is -2.60. The number of fused-ring (bicyclic) bond motifs is 4. The van der Waals surface area contributed by atoms with Crippen molar-refractivity contribution in [3.05, 3.63) is 23.5 Å². The van der Waals surface area contributed by atoms with Crippen molar-refractivity contribution in [2.45, 2.75) is 113 Å². The second kappa shape index (κ2) is 7.62. The van der Waals surface area contributed by atoms with Gasteiger partial charge in [-0.2, -0.15) is 0 Å². The van der Waals surface area contributed by atoms with Gasteiger partial charge in [-0.05, 0) is 52.2 Å². The molecule has 6 aliphatic heterocycles. The van der Waals surface area contributed by atoms with E-state index in [1.54, 1.807) is 32.9 Å². The Kier molecular flexibility index (Phi) is 5.09. The smallest absolute Gasteiger partial charge is 0.339 e. The second-order valence-electron chi connectivity index (χ2n) is 13.9. The molecule has 11 nitrogen and oxygen atoms in total. The van der Waals surface area contributed by atoms with Gasteiger partial charge >= 0.3 is 11.9 Å². The number of hydrogen-bond acceptors (Lipinski definition) is 11. The summed E-state index contributed by atoms with van der Waals surface area (Å²) in [6.07, 6.45) is 0.861. The highest BCUT2D eigenvalue weighted by atomic mass is 16.8. The summed E-state index contributed by atoms with van der Waals surface area (Å²) in [5.74, 6) is -7.30. The van der Waals surface area contributed by atoms with E-state index in [4.69, 9.17) is 23.7 Å². The van der Waals surface area contributed by atoms with E-state index in [1.165, 1.54) is 0 Å². The number of Topliss-reactive ketones (excluding diaryl/α,β-unsaturated/α-hetero) is 1. The van der Waals surface area contributed by atoms with Crippen LogP contribution in [0.4, 0.5) is 0 Å². The quantitative estimate of drug-likeness (QED) is 0.426. The fraction of sp³-hybridized carbons (Fsp3) is 0.759. The number of ether oxygens (including phenoxy) is 5. The molecule has 1 saturated carbocycles. The van der Waals surface area contributed by atoms with E-state index in [0.717, 1.165) is 0 Å². The number of carbonyl (C=O) groups excluding carboxylic acids is 3. The summed E-state index contributed by atoms with van der Waals surface area (Å²) in [7, 11) is 0. The Bertz CT molecular complexity index is 1300. The second-order valence-corrected chi connectivity index (χ2v) is 13.9.